The van der Waals surface area contributed by atoms with Crippen LogP contribution in [-0.2, 0) is 17.8 Å². The van der Waals surface area contributed by atoms with Gasteiger partial charge in [0.2, 0.25) is 5.91 Å². The average molecular weight is 414 g/mol. The fraction of sp³-hybridized carbons (Fsp3) is 0.391. The number of urea groups is 1. The summed E-state index contributed by atoms with van der Waals surface area (Å²) in [5.41, 5.74) is 3.18. The van der Waals surface area contributed by atoms with Gasteiger partial charge in [-0.1, -0.05) is 55.8 Å². The minimum atomic E-state index is -0.210. The molecule has 1 aliphatic heterocycles. The maximum absolute atomic E-state index is 12.8. The van der Waals surface area contributed by atoms with Gasteiger partial charge in [0.15, 0.2) is 0 Å². The van der Waals surface area contributed by atoms with Gasteiger partial charge in [0.05, 0.1) is 0 Å². The summed E-state index contributed by atoms with van der Waals surface area (Å²) in [5, 5.41) is 3.45. The summed E-state index contributed by atoms with van der Waals surface area (Å²) in [5.74, 6) is 0.390. The Morgan fingerprint density at radius 2 is 1.90 bits per heavy atom. The summed E-state index contributed by atoms with van der Waals surface area (Å²) in [6.45, 7) is 6.47. The third-order valence-electron chi connectivity index (χ3n) is 5.03. The zero-order valence-corrected chi connectivity index (χ0v) is 17.8. The van der Waals surface area contributed by atoms with E-state index in [9.17, 15) is 9.59 Å². The van der Waals surface area contributed by atoms with Crippen LogP contribution in [0.5, 0.6) is 0 Å². The standard InChI is InChI=1S/C23H28ClN3O2/c1-17(2)15-27(23(29)25-21-9-5-8-20(24)14-21)13-11-22(28)26-12-10-18-6-3-4-7-19(18)16-26/h3-9,14,17H,10-13,15-16H2,1-2H3,(H,25,29). The fourth-order valence-corrected chi connectivity index (χ4v) is 3.77. The Hall–Kier alpha value is -2.53. The first-order valence-electron chi connectivity index (χ1n) is 10.1. The average Bonchev–Trinajstić information content (AvgIpc) is 2.70. The van der Waals surface area contributed by atoms with Gasteiger partial charge in [-0.3, -0.25) is 4.79 Å². The largest absolute Gasteiger partial charge is 0.338 e. The molecular formula is C23H28ClN3O2. The van der Waals surface area contributed by atoms with Crippen molar-refractivity contribution in [2.45, 2.75) is 33.2 Å². The molecular weight excluding hydrogens is 386 g/mol. The second kappa shape index (κ2) is 9.79. The van der Waals surface area contributed by atoms with E-state index in [-0.39, 0.29) is 11.9 Å². The Bertz CT molecular complexity index is 869. The second-order valence-electron chi connectivity index (χ2n) is 7.86. The maximum Gasteiger partial charge on any atom is 0.321 e. The summed E-state index contributed by atoms with van der Waals surface area (Å²) in [6, 6.07) is 15.1. The number of nitrogens with zero attached hydrogens (tertiary/aromatic N) is 2. The molecule has 0 bridgehead atoms. The van der Waals surface area contributed by atoms with Gasteiger partial charge < -0.3 is 15.1 Å². The van der Waals surface area contributed by atoms with E-state index in [0.717, 1.165) is 13.0 Å². The number of hydrogen-bond acceptors (Lipinski definition) is 2. The maximum atomic E-state index is 12.8. The van der Waals surface area contributed by atoms with Crippen LogP contribution in [0.1, 0.15) is 31.4 Å². The number of carbonyl (C=O) groups is 2. The molecule has 2 aromatic rings. The molecule has 3 rings (SSSR count). The molecule has 154 valence electrons. The zero-order chi connectivity index (χ0) is 20.8. The van der Waals surface area contributed by atoms with E-state index in [1.807, 2.05) is 17.0 Å². The first kappa shape index (κ1) is 21.2. The van der Waals surface area contributed by atoms with E-state index in [2.05, 4.69) is 31.3 Å². The van der Waals surface area contributed by atoms with Gasteiger partial charge in [-0.15, -0.1) is 0 Å². The highest BCUT2D eigenvalue weighted by Crippen LogP contribution is 2.19. The molecule has 1 heterocycles. The quantitative estimate of drug-likeness (QED) is 0.739. The molecule has 2 aromatic carbocycles. The predicted molar refractivity (Wildman–Crippen MR) is 117 cm³/mol. The van der Waals surface area contributed by atoms with E-state index in [1.165, 1.54) is 11.1 Å². The first-order valence-corrected chi connectivity index (χ1v) is 10.5. The highest BCUT2D eigenvalue weighted by atomic mass is 35.5. The number of hydrogen-bond donors (Lipinski definition) is 1. The number of rotatable bonds is 6. The molecule has 3 amide bonds. The molecule has 0 aromatic heterocycles. The van der Waals surface area contributed by atoms with Crippen LogP contribution in [0.4, 0.5) is 10.5 Å². The van der Waals surface area contributed by atoms with E-state index in [0.29, 0.717) is 42.7 Å². The number of amides is 3. The van der Waals surface area contributed by atoms with Crippen molar-refractivity contribution in [3.05, 3.63) is 64.7 Å². The summed E-state index contributed by atoms with van der Waals surface area (Å²) in [7, 11) is 0. The fourth-order valence-electron chi connectivity index (χ4n) is 3.58. The van der Waals surface area contributed by atoms with Crippen LogP contribution < -0.4 is 5.32 Å². The molecule has 0 fully saturated rings. The van der Waals surface area contributed by atoms with Crippen molar-refractivity contribution in [3.63, 3.8) is 0 Å². The van der Waals surface area contributed by atoms with Gasteiger partial charge in [0, 0.05) is 43.3 Å². The molecule has 6 heteroatoms. The summed E-state index contributed by atoms with van der Waals surface area (Å²) >= 11 is 6.00. The van der Waals surface area contributed by atoms with Gasteiger partial charge in [-0.25, -0.2) is 4.79 Å². The van der Waals surface area contributed by atoms with Crippen LogP contribution in [0.3, 0.4) is 0 Å². The van der Waals surface area contributed by atoms with Crippen LogP contribution in [0, 0.1) is 5.92 Å². The van der Waals surface area contributed by atoms with Crippen molar-refractivity contribution in [3.8, 4) is 0 Å². The number of nitrogens with one attached hydrogen (secondary N) is 1. The second-order valence-corrected chi connectivity index (χ2v) is 8.30. The van der Waals surface area contributed by atoms with Gasteiger partial charge in [-0.2, -0.15) is 0 Å². The highest BCUT2D eigenvalue weighted by Gasteiger charge is 2.22. The lowest BCUT2D eigenvalue weighted by atomic mass is 10.00. The Kier molecular flexibility index (Phi) is 7.15. The number of anilines is 1. The Morgan fingerprint density at radius 3 is 2.62 bits per heavy atom. The molecule has 0 unspecified atom stereocenters. The van der Waals surface area contributed by atoms with Crippen LogP contribution in [0.15, 0.2) is 48.5 Å². The van der Waals surface area contributed by atoms with Crippen LogP contribution in [0.2, 0.25) is 5.02 Å². The Morgan fingerprint density at radius 1 is 1.14 bits per heavy atom. The van der Waals surface area contributed by atoms with Gasteiger partial charge in [-0.05, 0) is 41.7 Å². The van der Waals surface area contributed by atoms with Gasteiger partial charge >= 0.3 is 6.03 Å². The molecule has 0 aliphatic carbocycles. The number of fused-ring (bicyclic) bond motifs is 1. The van der Waals surface area contributed by atoms with Crippen LogP contribution in [0.25, 0.3) is 0 Å². The van der Waals surface area contributed by atoms with Gasteiger partial charge in [0.1, 0.15) is 0 Å². The van der Waals surface area contributed by atoms with Crippen molar-refractivity contribution in [2.24, 2.45) is 5.92 Å². The monoisotopic (exact) mass is 413 g/mol. The summed E-state index contributed by atoms with van der Waals surface area (Å²) < 4.78 is 0. The van der Waals surface area contributed by atoms with Crippen molar-refractivity contribution >= 4 is 29.2 Å². The number of carbonyl (C=O) groups excluding carboxylic acids is 2. The SMILES string of the molecule is CC(C)CN(CCC(=O)N1CCc2ccccc2C1)C(=O)Nc1cccc(Cl)c1. The summed E-state index contributed by atoms with van der Waals surface area (Å²) in [6.07, 6.45) is 1.20. The summed E-state index contributed by atoms with van der Waals surface area (Å²) in [4.78, 5) is 29.1. The molecule has 29 heavy (non-hydrogen) atoms. The highest BCUT2D eigenvalue weighted by molar-refractivity contribution is 6.30. The molecule has 0 saturated carbocycles. The van der Waals surface area contributed by atoms with Crippen LogP contribution in [-0.4, -0.2) is 41.4 Å². The van der Waals surface area contributed by atoms with Crippen molar-refractivity contribution in [1.29, 1.82) is 0 Å². The third kappa shape index (κ3) is 5.97. The number of halogens is 1. The Labute approximate surface area is 177 Å². The minimum absolute atomic E-state index is 0.0869. The minimum Gasteiger partial charge on any atom is -0.338 e. The van der Waals surface area contributed by atoms with Crippen molar-refractivity contribution in [1.82, 2.24) is 9.80 Å². The lowest BCUT2D eigenvalue weighted by molar-refractivity contribution is -0.132. The molecule has 0 spiro atoms. The molecule has 5 nitrogen and oxygen atoms in total. The molecule has 0 saturated heterocycles. The van der Waals surface area contributed by atoms with E-state index >= 15 is 0 Å². The first-order chi connectivity index (χ1) is 13.9. The lowest BCUT2D eigenvalue weighted by Gasteiger charge is -2.30. The van der Waals surface area contributed by atoms with Crippen LogP contribution >= 0.6 is 11.6 Å². The van der Waals surface area contributed by atoms with E-state index in [1.54, 1.807) is 29.2 Å². The predicted octanol–water partition coefficient (Wildman–Crippen LogP) is 4.80. The van der Waals surface area contributed by atoms with Gasteiger partial charge in [0.25, 0.3) is 0 Å². The molecule has 1 N–H and O–H groups in total. The molecule has 0 atom stereocenters. The number of benzene rings is 2. The topological polar surface area (TPSA) is 52.7 Å². The molecule has 0 radical (unpaired) electrons. The Balaban J connectivity index is 1.58. The van der Waals surface area contributed by atoms with E-state index in [4.69, 9.17) is 11.6 Å². The van der Waals surface area contributed by atoms with Crippen molar-refractivity contribution in [2.75, 3.05) is 25.0 Å². The van der Waals surface area contributed by atoms with Crippen molar-refractivity contribution < 1.29 is 9.59 Å². The smallest absolute Gasteiger partial charge is 0.321 e. The molecule has 1 aliphatic rings. The zero-order valence-electron chi connectivity index (χ0n) is 17.0. The lowest BCUT2D eigenvalue weighted by Crippen LogP contribution is -2.42. The van der Waals surface area contributed by atoms with E-state index < -0.39 is 0 Å². The normalized spacial score (nSPS) is 13.2. The third-order valence-corrected chi connectivity index (χ3v) is 5.26.